The maximum absolute atomic E-state index is 13.5. The zero-order valence-corrected chi connectivity index (χ0v) is 13.0. The Morgan fingerprint density at radius 3 is 2.75 bits per heavy atom. The van der Waals surface area contributed by atoms with Gasteiger partial charge in [0.2, 0.25) is 0 Å². The Balaban J connectivity index is 1.76. The molecule has 1 amide bonds. The number of benzene rings is 2. The Morgan fingerprint density at radius 1 is 1.21 bits per heavy atom. The minimum atomic E-state index is -0.399. The second kappa shape index (κ2) is 6.95. The molecule has 3 rings (SSSR count). The molecule has 122 valence electrons. The van der Waals surface area contributed by atoms with E-state index in [1.807, 2.05) is 30.3 Å². The summed E-state index contributed by atoms with van der Waals surface area (Å²) in [6, 6.07) is 15.3. The van der Waals surface area contributed by atoms with E-state index < -0.39 is 5.82 Å². The van der Waals surface area contributed by atoms with Gasteiger partial charge in [0.1, 0.15) is 17.3 Å². The fourth-order valence-electron chi connectivity index (χ4n) is 2.33. The average Bonchev–Trinajstić information content (AvgIpc) is 3.10. The summed E-state index contributed by atoms with van der Waals surface area (Å²) in [5.74, 6) is -0.198. The molecule has 0 atom stereocenters. The van der Waals surface area contributed by atoms with Crippen LogP contribution in [0.1, 0.15) is 16.1 Å². The van der Waals surface area contributed by atoms with Crippen LogP contribution in [0.2, 0.25) is 0 Å². The zero-order chi connectivity index (χ0) is 16.9. The molecule has 0 aliphatic carbocycles. The number of nitrogens with one attached hydrogen (secondary N) is 2. The van der Waals surface area contributed by atoms with E-state index in [9.17, 15) is 9.18 Å². The number of halogens is 1. The molecular formula is C18H16FN3O2. The first-order valence-corrected chi connectivity index (χ1v) is 7.39. The van der Waals surface area contributed by atoms with Crippen molar-refractivity contribution in [3.63, 3.8) is 0 Å². The predicted molar refractivity (Wildman–Crippen MR) is 88.1 cm³/mol. The first-order chi connectivity index (χ1) is 11.7. The quantitative estimate of drug-likeness (QED) is 0.757. The number of amides is 1. The molecule has 3 aromatic rings. The third-order valence-electron chi connectivity index (χ3n) is 3.56. The van der Waals surface area contributed by atoms with Crippen molar-refractivity contribution in [1.29, 1.82) is 0 Å². The maximum Gasteiger partial charge on any atom is 0.269 e. The summed E-state index contributed by atoms with van der Waals surface area (Å²) >= 11 is 0. The van der Waals surface area contributed by atoms with Crippen molar-refractivity contribution in [2.75, 3.05) is 7.11 Å². The number of carbonyl (C=O) groups excluding carboxylic acids is 1. The summed E-state index contributed by atoms with van der Waals surface area (Å²) in [7, 11) is 1.50. The number of aromatic nitrogens is 2. The van der Waals surface area contributed by atoms with E-state index in [-0.39, 0.29) is 5.91 Å². The molecule has 1 heterocycles. The summed E-state index contributed by atoms with van der Waals surface area (Å²) in [6.07, 6.45) is 0. The molecule has 2 N–H and O–H groups in total. The molecule has 0 unspecified atom stereocenters. The molecule has 0 aliphatic heterocycles. The Morgan fingerprint density at radius 2 is 2.00 bits per heavy atom. The molecule has 0 fully saturated rings. The van der Waals surface area contributed by atoms with E-state index in [1.54, 1.807) is 6.07 Å². The molecule has 0 saturated heterocycles. The fourth-order valence-corrected chi connectivity index (χ4v) is 2.33. The highest BCUT2D eigenvalue weighted by Gasteiger charge is 2.14. The van der Waals surface area contributed by atoms with Crippen LogP contribution in [-0.2, 0) is 6.54 Å². The molecule has 0 aliphatic rings. The van der Waals surface area contributed by atoms with Gasteiger partial charge in [0.15, 0.2) is 0 Å². The van der Waals surface area contributed by atoms with Gasteiger partial charge in [-0.25, -0.2) is 4.39 Å². The smallest absolute Gasteiger partial charge is 0.269 e. The minimum absolute atomic E-state index is 0.284. The number of nitrogens with zero attached hydrogens (tertiary/aromatic N) is 1. The summed E-state index contributed by atoms with van der Waals surface area (Å²) in [6.45, 7) is 0.414. The second-order valence-corrected chi connectivity index (χ2v) is 5.18. The largest absolute Gasteiger partial charge is 0.496 e. The molecular weight excluding hydrogens is 309 g/mol. The predicted octanol–water partition coefficient (Wildman–Crippen LogP) is 3.15. The Hall–Kier alpha value is -3.15. The molecule has 0 bridgehead atoms. The lowest BCUT2D eigenvalue weighted by Gasteiger charge is -2.05. The number of hydrogen-bond donors (Lipinski definition) is 2. The number of H-pyrrole nitrogens is 1. The Bertz CT molecular complexity index is 846. The monoisotopic (exact) mass is 325 g/mol. The SMILES string of the molecule is COc1ccc(F)cc1-c1cc(C(=O)NCc2ccccc2)[nH]n1. The highest BCUT2D eigenvalue weighted by atomic mass is 19.1. The number of aromatic amines is 1. The summed E-state index contributed by atoms with van der Waals surface area (Å²) in [4.78, 5) is 12.2. The van der Waals surface area contributed by atoms with Crippen molar-refractivity contribution in [2.45, 2.75) is 6.54 Å². The highest BCUT2D eigenvalue weighted by molar-refractivity contribution is 5.93. The van der Waals surface area contributed by atoms with Crippen LogP contribution in [0.15, 0.2) is 54.6 Å². The average molecular weight is 325 g/mol. The molecule has 2 aromatic carbocycles. The van der Waals surface area contributed by atoms with Crippen molar-refractivity contribution in [3.8, 4) is 17.0 Å². The van der Waals surface area contributed by atoms with Crippen LogP contribution in [0.4, 0.5) is 4.39 Å². The van der Waals surface area contributed by atoms with Crippen molar-refractivity contribution < 1.29 is 13.9 Å². The first-order valence-electron chi connectivity index (χ1n) is 7.39. The lowest BCUT2D eigenvalue weighted by molar-refractivity contribution is 0.0946. The molecule has 24 heavy (non-hydrogen) atoms. The van der Waals surface area contributed by atoms with E-state index in [0.29, 0.717) is 29.2 Å². The number of carbonyl (C=O) groups is 1. The number of methoxy groups -OCH3 is 1. The number of rotatable bonds is 5. The van der Waals surface area contributed by atoms with Gasteiger partial charge < -0.3 is 10.1 Å². The highest BCUT2D eigenvalue weighted by Crippen LogP contribution is 2.29. The summed E-state index contributed by atoms with van der Waals surface area (Å²) in [5.41, 5.74) is 2.22. The van der Waals surface area contributed by atoms with Gasteiger partial charge in [-0.1, -0.05) is 30.3 Å². The third kappa shape index (κ3) is 3.43. The molecule has 0 radical (unpaired) electrons. The zero-order valence-electron chi connectivity index (χ0n) is 13.0. The Labute approximate surface area is 138 Å². The van der Waals surface area contributed by atoms with Gasteiger partial charge in [-0.2, -0.15) is 5.10 Å². The van der Waals surface area contributed by atoms with Crippen molar-refractivity contribution in [1.82, 2.24) is 15.5 Å². The van der Waals surface area contributed by atoms with Crippen molar-refractivity contribution in [3.05, 3.63) is 71.7 Å². The standard InChI is InChI=1S/C18H16FN3O2/c1-24-17-8-7-13(19)9-14(17)15-10-16(22-21-15)18(23)20-11-12-5-3-2-4-6-12/h2-10H,11H2,1H3,(H,20,23)(H,21,22). The van der Waals surface area contributed by atoms with Gasteiger partial charge >= 0.3 is 0 Å². The van der Waals surface area contributed by atoms with Crippen LogP contribution in [0, 0.1) is 5.82 Å². The van der Waals surface area contributed by atoms with Gasteiger partial charge in [-0.05, 0) is 29.8 Å². The molecule has 6 heteroatoms. The van der Waals surface area contributed by atoms with E-state index in [0.717, 1.165) is 5.56 Å². The summed E-state index contributed by atoms with van der Waals surface area (Å²) < 4.78 is 18.7. The first kappa shape index (κ1) is 15.7. The lowest BCUT2D eigenvalue weighted by atomic mass is 10.1. The fraction of sp³-hybridized carbons (Fsp3) is 0.111. The maximum atomic E-state index is 13.5. The van der Waals surface area contributed by atoms with Crippen molar-refractivity contribution >= 4 is 5.91 Å². The normalized spacial score (nSPS) is 10.4. The van der Waals surface area contributed by atoms with Crippen LogP contribution in [-0.4, -0.2) is 23.2 Å². The van der Waals surface area contributed by atoms with Gasteiger partial charge in [0.25, 0.3) is 5.91 Å². The van der Waals surface area contributed by atoms with Crippen LogP contribution >= 0.6 is 0 Å². The molecule has 5 nitrogen and oxygen atoms in total. The van der Waals surface area contributed by atoms with E-state index in [1.165, 1.54) is 25.3 Å². The van der Waals surface area contributed by atoms with Gasteiger partial charge in [-0.3, -0.25) is 9.89 Å². The van der Waals surface area contributed by atoms with Gasteiger partial charge in [-0.15, -0.1) is 0 Å². The van der Waals surface area contributed by atoms with Crippen molar-refractivity contribution in [2.24, 2.45) is 0 Å². The molecule has 0 spiro atoms. The van der Waals surface area contributed by atoms with E-state index in [2.05, 4.69) is 15.5 Å². The topological polar surface area (TPSA) is 67.0 Å². The van der Waals surface area contributed by atoms with Crippen LogP contribution in [0.5, 0.6) is 5.75 Å². The second-order valence-electron chi connectivity index (χ2n) is 5.18. The van der Waals surface area contributed by atoms with Crippen LogP contribution in [0.3, 0.4) is 0 Å². The Kier molecular flexibility index (Phi) is 4.56. The van der Waals surface area contributed by atoms with E-state index in [4.69, 9.17) is 4.74 Å². The number of hydrogen-bond acceptors (Lipinski definition) is 3. The third-order valence-corrected chi connectivity index (χ3v) is 3.56. The van der Waals surface area contributed by atoms with Gasteiger partial charge in [0, 0.05) is 12.1 Å². The van der Waals surface area contributed by atoms with Crippen LogP contribution < -0.4 is 10.1 Å². The molecule has 0 saturated carbocycles. The minimum Gasteiger partial charge on any atom is -0.496 e. The lowest BCUT2D eigenvalue weighted by Crippen LogP contribution is -2.23. The summed E-state index contributed by atoms with van der Waals surface area (Å²) in [5, 5.41) is 9.56. The van der Waals surface area contributed by atoms with Crippen LogP contribution in [0.25, 0.3) is 11.3 Å². The number of ether oxygens (including phenoxy) is 1. The molecule has 1 aromatic heterocycles. The van der Waals surface area contributed by atoms with Gasteiger partial charge in [0.05, 0.1) is 12.8 Å². The van der Waals surface area contributed by atoms with E-state index >= 15 is 0 Å².